The topological polar surface area (TPSA) is 42.0 Å². The quantitative estimate of drug-likeness (QED) is 0.841. The molecule has 3 rings (SSSR count). The van der Waals surface area contributed by atoms with Gasteiger partial charge in [-0.1, -0.05) is 56.0 Å². The highest BCUT2D eigenvalue weighted by atomic mass is 32.1. The van der Waals surface area contributed by atoms with E-state index in [1.807, 2.05) is 37.3 Å². The second kappa shape index (κ2) is 7.05. The van der Waals surface area contributed by atoms with Gasteiger partial charge in [0.25, 0.3) is 0 Å². The lowest BCUT2D eigenvalue weighted by Gasteiger charge is -2.07. The molecule has 1 aromatic heterocycles. The summed E-state index contributed by atoms with van der Waals surface area (Å²) in [6, 6.07) is 10.1. The Balaban J connectivity index is 1.59. The van der Waals surface area contributed by atoms with Crippen molar-refractivity contribution in [3.8, 4) is 11.3 Å². The van der Waals surface area contributed by atoms with Crippen LogP contribution in [0.4, 0.5) is 5.13 Å². The molecule has 0 bridgehead atoms. The summed E-state index contributed by atoms with van der Waals surface area (Å²) in [6.45, 7) is 2.05. The Kier molecular flexibility index (Phi) is 4.88. The fourth-order valence-electron chi connectivity index (χ4n) is 3.13. The van der Waals surface area contributed by atoms with Crippen LogP contribution in [0.3, 0.4) is 0 Å². The molecule has 1 aliphatic rings. The van der Waals surface area contributed by atoms with Crippen molar-refractivity contribution < 1.29 is 4.79 Å². The number of aryl methyl sites for hydroxylation is 1. The molecular formula is C18H22N2OS. The normalized spacial score (nSPS) is 15.1. The van der Waals surface area contributed by atoms with Crippen molar-refractivity contribution in [3.63, 3.8) is 0 Å². The van der Waals surface area contributed by atoms with Crippen LogP contribution in [0.1, 0.15) is 43.4 Å². The molecule has 1 aromatic carbocycles. The van der Waals surface area contributed by atoms with Crippen LogP contribution in [0.25, 0.3) is 11.3 Å². The van der Waals surface area contributed by atoms with Gasteiger partial charge in [0, 0.05) is 16.9 Å². The van der Waals surface area contributed by atoms with Crippen LogP contribution in [0.5, 0.6) is 0 Å². The fraction of sp³-hybridized carbons (Fsp3) is 0.444. The van der Waals surface area contributed by atoms with Gasteiger partial charge in [0.15, 0.2) is 5.13 Å². The van der Waals surface area contributed by atoms with Gasteiger partial charge in [0.1, 0.15) is 0 Å². The first kappa shape index (κ1) is 15.2. The van der Waals surface area contributed by atoms with E-state index in [0.717, 1.165) is 28.5 Å². The maximum absolute atomic E-state index is 12.1. The third-order valence-corrected chi connectivity index (χ3v) is 5.23. The molecule has 0 saturated heterocycles. The van der Waals surface area contributed by atoms with E-state index in [1.54, 1.807) is 11.3 Å². The molecule has 4 heteroatoms. The number of nitrogens with zero attached hydrogens (tertiary/aromatic N) is 1. The third kappa shape index (κ3) is 3.74. The number of rotatable bonds is 5. The molecule has 0 unspecified atom stereocenters. The number of thiazole rings is 1. The molecule has 22 heavy (non-hydrogen) atoms. The number of benzene rings is 1. The van der Waals surface area contributed by atoms with E-state index in [9.17, 15) is 4.79 Å². The van der Waals surface area contributed by atoms with Crippen molar-refractivity contribution in [2.75, 3.05) is 5.32 Å². The minimum absolute atomic E-state index is 0.0975. The molecule has 1 heterocycles. The SMILES string of the molecule is Cc1sc(NC(=O)CCC2CCCC2)nc1-c1ccccc1. The van der Waals surface area contributed by atoms with Gasteiger partial charge in [-0.2, -0.15) is 0 Å². The largest absolute Gasteiger partial charge is 0.302 e. The summed E-state index contributed by atoms with van der Waals surface area (Å²) in [4.78, 5) is 17.8. The summed E-state index contributed by atoms with van der Waals surface area (Å²) in [6.07, 6.45) is 6.88. The highest BCUT2D eigenvalue weighted by Gasteiger charge is 2.17. The summed E-state index contributed by atoms with van der Waals surface area (Å²) in [5, 5.41) is 3.68. The zero-order valence-corrected chi connectivity index (χ0v) is 13.8. The molecule has 2 aromatic rings. The molecule has 1 aliphatic carbocycles. The summed E-state index contributed by atoms with van der Waals surface area (Å²) in [5.41, 5.74) is 2.07. The van der Waals surface area contributed by atoms with Gasteiger partial charge >= 0.3 is 0 Å². The number of hydrogen-bond donors (Lipinski definition) is 1. The molecule has 1 saturated carbocycles. The zero-order valence-electron chi connectivity index (χ0n) is 13.0. The van der Waals surface area contributed by atoms with Gasteiger partial charge in [0.05, 0.1) is 5.69 Å². The van der Waals surface area contributed by atoms with E-state index in [2.05, 4.69) is 10.3 Å². The van der Waals surface area contributed by atoms with E-state index in [4.69, 9.17) is 0 Å². The maximum atomic E-state index is 12.1. The number of anilines is 1. The number of aromatic nitrogens is 1. The number of carbonyl (C=O) groups excluding carboxylic acids is 1. The van der Waals surface area contributed by atoms with Crippen LogP contribution >= 0.6 is 11.3 Å². The first-order chi connectivity index (χ1) is 10.7. The minimum atomic E-state index is 0.0975. The summed E-state index contributed by atoms with van der Waals surface area (Å²) >= 11 is 1.55. The lowest BCUT2D eigenvalue weighted by molar-refractivity contribution is -0.116. The average molecular weight is 314 g/mol. The molecule has 0 radical (unpaired) electrons. The predicted octanol–water partition coefficient (Wildman–Crippen LogP) is 5.03. The van der Waals surface area contributed by atoms with Gasteiger partial charge in [-0.3, -0.25) is 4.79 Å². The predicted molar refractivity (Wildman–Crippen MR) is 92.1 cm³/mol. The molecular weight excluding hydrogens is 292 g/mol. The van der Waals surface area contributed by atoms with E-state index in [1.165, 1.54) is 25.7 Å². The van der Waals surface area contributed by atoms with Crippen molar-refractivity contribution in [3.05, 3.63) is 35.2 Å². The van der Waals surface area contributed by atoms with Crippen LogP contribution in [-0.2, 0) is 4.79 Å². The molecule has 116 valence electrons. The van der Waals surface area contributed by atoms with Gasteiger partial charge < -0.3 is 5.32 Å². The summed E-state index contributed by atoms with van der Waals surface area (Å²) < 4.78 is 0. The second-order valence-electron chi connectivity index (χ2n) is 6.03. The van der Waals surface area contributed by atoms with E-state index < -0.39 is 0 Å². The Morgan fingerprint density at radius 3 is 2.73 bits per heavy atom. The van der Waals surface area contributed by atoms with Crippen LogP contribution < -0.4 is 5.32 Å². The van der Waals surface area contributed by atoms with Gasteiger partial charge in [-0.25, -0.2) is 4.98 Å². The van der Waals surface area contributed by atoms with Crippen LogP contribution in [0.15, 0.2) is 30.3 Å². The second-order valence-corrected chi connectivity index (χ2v) is 7.23. The molecule has 1 N–H and O–H groups in total. The first-order valence-electron chi connectivity index (χ1n) is 8.05. The van der Waals surface area contributed by atoms with E-state index in [0.29, 0.717) is 11.6 Å². The number of nitrogens with one attached hydrogen (secondary N) is 1. The third-order valence-electron chi connectivity index (χ3n) is 4.34. The van der Waals surface area contributed by atoms with Gasteiger partial charge in [-0.15, -0.1) is 11.3 Å². The first-order valence-corrected chi connectivity index (χ1v) is 8.87. The van der Waals surface area contributed by atoms with Crippen molar-refractivity contribution in [2.24, 2.45) is 5.92 Å². The van der Waals surface area contributed by atoms with E-state index in [-0.39, 0.29) is 5.91 Å². The minimum Gasteiger partial charge on any atom is -0.302 e. The summed E-state index contributed by atoms with van der Waals surface area (Å²) in [7, 11) is 0. The Bertz CT molecular complexity index is 630. The number of hydrogen-bond acceptors (Lipinski definition) is 3. The molecule has 0 aliphatic heterocycles. The lowest BCUT2D eigenvalue weighted by atomic mass is 10.0. The Morgan fingerprint density at radius 1 is 1.27 bits per heavy atom. The van der Waals surface area contributed by atoms with Crippen LogP contribution in [0.2, 0.25) is 0 Å². The standard InChI is InChI=1S/C18H22N2OS/c1-13-17(15-9-3-2-4-10-15)20-18(22-13)19-16(21)12-11-14-7-5-6-8-14/h2-4,9-10,14H,5-8,11-12H2,1H3,(H,19,20,21). The smallest absolute Gasteiger partial charge is 0.226 e. The fourth-order valence-corrected chi connectivity index (χ4v) is 3.98. The molecule has 1 fully saturated rings. The Labute approximate surface area is 135 Å². The Hall–Kier alpha value is -1.68. The van der Waals surface area contributed by atoms with Crippen molar-refractivity contribution >= 4 is 22.4 Å². The molecule has 0 atom stereocenters. The summed E-state index contributed by atoms with van der Waals surface area (Å²) in [5.74, 6) is 0.851. The van der Waals surface area contributed by atoms with E-state index >= 15 is 0 Å². The molecule has 1 amide bonds. The van der Waals surface area contributed by atoms with Crippen LogP contribution in [0, 0.1) is 12.8 Å². The number of amides is 1. The van der Waals surface area contributed by atoms with Crippen molar-refractivity contribution in [1.29, 1.82) is 0 Å². The molecule has 0 spiro atoms. The van der Waals surface area contributed by atoms with Gasteiger partial charge in [-0.05, 0) is 19.3 Å². The molecule has 3 nitrogen and oxygen atoms in total. The average Bonchev–Trinajstić information content (AvgIpc) is 3.16. The lowest BCUT2D eigenvalue weighted by Crippen LogP contribution is -2.12. The van der Waals surface area contributed by atoms with Crippen LogP contribution in [-0.4, -0.2) is 10.9 Å². The van der Waals surface area contributed by atoms with Gasteiger partial charge in [0.2, 0.25) is 5.91 Å². The Morgan fingerprint density at radius 2 is 2.00 bits per heavy atom. The highest BCUT2D eigenvalue weighted by molar-refractivity contribution is 7.16. The van der Waals surface area contributed by atoms with Crippen molar-refractivity contribution in [2.45, 2.75) is 45.4 Å². The number of carbonyl (C=O) groups is 1. The van der Waals surface area contributed by atoms with Crippen molar-refractivity contribution in [1.82, 2.24) is 4.98 Å². The zero-order chi connectivity index (χ0) is 15.4. The highest BCUT2D eigenvalue weighted by Crippen LogP contribution is 2.31. The maximum Gasteiger partial charge on any atom is 0.226 e. The monoisotopic (exact) mass is 314 g/mol.